The van der Waals surface area contributed by atoms with Gasteiger partial charge in [0.2, 0.25) is 15.7 Å². The van der Waals surface area contributed by atoms with E-state index in [2.05, 4.69) is 15.5 Å². The lowest BCUT2D eigenvalue weighted by Crippen LogP contribution is -2.37. The standard InChI is InChI=1S/C26H27ClN4O4S/c1-18(32)30(2)21-15-16-31(17-21)20-13-11-19(12-14-20)28-26(33)29-24-10-6-9-23(27)25(24)36(34,35)22-7-4-3-5-8-22/h3-14,21H,15-17H2,1-2H3,(H2,28,29,33). The molecular formula is C26H27ClN4O4S. The van der Waals surface area contributed by atoms with Crippen molar-refractivity contribution < 1.29 is 18.0 Å². The van der Waals surface area contributed by atoms with Gasteiger partial charge in [-0.1, -0.05) is 35.9 Å². The maximum absolute atomic E-state index is 13.2. The normalized spacial score (nSPS) is 15.4. The zero-order valence-electron chi connectivity index (χ0n) is 19.9. The van der Waals surface area contributed by atoms with Crippen LogP contribution in [-0.4, -0.2) is 51.4 Å². The number of likely N-dealkylation sites (N-methyl/N-ethyl adjacent to an activating group) is 1. The summed E-state index contributed by atoms with van der Waals surface area (Å²) in [5, 5.41) is 5.36. The molecule has 0 aliphatic carbocycles. The number of nitrogens with zero attached hydrogens (tertiary/aromatic N) is 2. The highest BCUT2D eigenvalue weighted by Gasteiger charge is 2.27. The summed E-state index contributed by atoms with van der Waals surface area (Å²) < 4.78 is 26.4. The minimum Gasteiger partial charge on any atom is -0.369 e. The van der Waals surface area contributed by atoms with Crippen molar-refractivity contribution in [1.82, 2.24) is 4.90 Å². The predicted octanol–water partition coefficient (Wildman–Crippen LogP) is 4.87. The van der Waals surface area contributed by atoms with Crippen LogP contribution < -0.4 is 15.5 Å². The second-order valence-electron chi connectivity index (χ2n) is 8.58. The first-order valence-electron chi connectivity index (χ1n) is 11.4. The van der Waals surface area contributed by atoms with Gasteiger partial charge in [-0.05, 0) is 55.0 Å². The number of hydrogen-bond donors (Lipinski definition) is 2. The molecule has 0 bridgehead atoms. The van der Waals surface area contributed by atoms with E-state index in [1.807, 2.05) is 19.2 Å². The number of nitrogens with one attached hydrogen (secondary N) is 2. The van der Waals surface area contributed by atoms with Gasteiger partial charge in [-0.2, -0.15) is 0 Å². The Morgan fingerprint density at radius 2 is 1.67 bits per heavy atom. The first-order chi connectivity index (χ1) is 17.2. The number of carbonyl (C=O) groups is 2. The van der Waals surface area contributed by atoms with Gasteiger partial charge >= 0.3 is 6.03 Å². The topological polar surface area (TPSA) is 98.8 Å². The van der Waals surface area contributed by atoms with Crippen LogP contribution in [0.1, 0.15) is 13.3 Å². The Morgan fingerprint density at radius 1 is 0.972 bits per heavy atom. The van der Waals surface area contributed by atoms with Crippen molar-refractivity contribution in [1.29, 1.82) is 0 Å². The summed E-state index contributed by atoms with van der Waals surface area (Å²) in [5.41, 5.74) is 1.62. The van der Waals surface area contributed by atoms with Gasteiger partial charge < -0.3 is 20.4 Å². The zero-order chi connectivity index (χ0) is 25.9. The van der Waals surface area contributed by atoms with Gasteiger partial charge in [-0.25, -0.2) is 13.2 Å². The fraction of sp³-hybridized carbons (Fsp3) is 0.231. The van der Waals surface area contributed by atoms with Crippen LogP contribution in [0, 0.1) is 0 Å². The summed E-state index contributed by atoms with van der Waals surface area (Å²) in [7, 11) is -2.14. The van der Waals surface area contributed by atoms with Crippen LogP contribution in [0.3, 0.4) is 0 Å². The van der Waals surface area contributed by atoms with Gasteiger partial charge in [0.1, 0.15) is 4.90 Å². The molecule has 1 atom stereocenters. The Balaban J connectivity index is 1.45. The van der Waals surface area contributed by atoms with E-state index in [0.717, 1.165) is 25.2 Å². The molecule has 3 amide bonds. The molecule has 0 radical (unpaired) electrons. The molecule has 188 valence electrons. The molecular weight excluding hydrogens is 500 g/mol. The number of halogens is 1. The maximum atomic E-state index is 13.2. The third-order valence-corrected chi connectivity index (χ3v) is 8.53. The smallest absolute Gasteiger partial charge is 0.323 e. The molecule has 4 rings (SSSR count). The summed E-state index contributed by atoms with van der Waals surface area (Å²) in [5.74, 6) is 0.0480. The van der Waals surface area contributed by atoms with E-state index in [1.165, 1.54) is 24.3 Å². The van der Waals surface area contributed by atoms with Crippen molar-refractivity contribution in [2.45, 2.75) is 29.2 Å². The summed E-state index contributed by atoms with van der Waals surface area (Å²) in [4.78, 5) is 28.2. The van der Waals surface area contributed by atoms with Gasteiger partial charge in [0.05, 0.1) is 21.6 Å². The summed E-state index contributed by atoms with van der Waals surface area (Å²) in [6.45, 7) is 3.15. The molecule has 1 aliphatic rings. The Labute approximate surface area is 215 Å². The van der Waals surface area contributed by atoms with Gasteiger partial charge in [0.15, 0.2) is 0 Å². The molecule has 1 unspecified atom stereocenters. The molecule has 1 saturated heterocycles. The molecule has 10 heteroatoms. The van der Waals surface area contributed by atoms with Crippen LogP contribution in [-0.2, 0) is 14.6 Å². The molecule has 3 aromatic carbocycles. The minimum atomic E-state index is -3.95. The molecule has 8 nitrogen and oxygen atoms in total. The minimum absolute atomic E-state index is 0.0142. The monoisotopic (exact) mass is 526 g/mol. The number of rotatable bonds is 6. The highest BCUT2D eigenvalue weighted by molar-refractivity contribution is 7.91. The van der Waals surface area contributed by atoms with E-state index in [4.69, 9.17) is 11.6 Å². The van der Waals surface area contributed by atoms with Crippen molar-refractivity contribution in [3.05, 3.63) is 77.8 Å². The van der Waals surface area contributed by atoms with E-state index >= 15 is 0 Å². The molecule has 1 heterocycles. The van der Waals surface area contributed by atoms with Gasteiger partial charge in [0.25, 0.3) is 0 Å². The van der Waals surface area contributed by atoms with Crippen molar-refractivity contribution in [3.63, 3.8) is 0 Å². The largest absolute Gasteiger partial charge is 0.369 e. The number of benzene rings is 3. The Kier molecular flexibility index (Phi) is 7.51. The third-order valence-electron chi connectivity index (χ3n) is 6.24. The molecule has 0 spiro atoms. The highest BCUT2D eigenvalue weighted by atomic mass is 35.5. The van der Waals surface area contributed by atoms with Crippen LogP contribution in [0.25, 0.3) is 0 Å². The van der Waals surface area contributed by atoms with Crippen LogP contribution >= 0.6 is 11.6 Å². The number of amides is 3. The number of hydrogen-bond acceptors (Lipinski definition) is 5. The van der Waals surface area contributed by atoms with Crippen molar-refractivity contribution in [3.8, 4) is 0 Å². The maximum Gasteiger partial charge on any atom is 0.323 e. The van der Waals surface area contributed by atoms with Crippen LogP contribution in [0.4, 0.5) is 21.9 Å². The van der Waals surface area contributed by atoms with Crippen LogP contribution in [0.15, 0.2) is 82.6 Å². The first kappa shape index (κ1) is 25.5. The molecule has 1 fully saturated rings. The summed E-state index contributed by atoms with van der Waals surface area (Å²) in [6, 6.07) is 19.4. The summed E-state index contributed by atoms with van der Waals surface area (Å²) >= 11 is 6.26. The van der Waals surface area contributed by atoms with E-state index in [9.17, 15) is 18.0 Å². The number of carbonyl (C=O) groups excluding carboxylic acids is 2. The lowest BCUT2D eigenvalue weighted by Gasteiger charge is -2.24. The molecule has 3 aromatic rings. The van der Waals surface area contributed by atoms with Crippen molar-refractivity contribution in [2.75, 3.05) is 35.7 Å². The Bertz CT molecular complexity index is 1360. The predicted molar refractivity (Wildman–Crippen MR) is 141 cm³/mol. The fourth-order valence-corrected chi connectivity index (χ4v) is 6.15. The van der Waals surface area contributed by atoms with E-state index in [-0.39, 0.29) is 32.5 Å². The van der Waals surface area contributed by atoms with Crippen LogP contribution in [0.2, 0.25) is 5.02 Å². The average Bonchev–Trinajstić information content (AvgIpc) is 3.34. The van der Waals surface area contributed by atoms with Gasteiger partial charge in [-0.3, -0.25) is 4.79 Å². The number of sulfone groups is 1. The second-order valence-corrected chi connectivity index (χ2v) is 10.9. The Morgan fingerprint density at radius 3 is 2.33 bits per heavy atom. The van der Waals surface area contributed by atoms with Crippen molar-refractivity contribution in [2.24, 2.45) is 0 Å². The number of anilines is 3. The molecule has 1 aliphatic heterocycles. The zero-order valence-corrected chi connectivity index (χ0v) is 21.5. The van der Waals surface area contributed by atoms with E-state index in [1.54, 1.807) is 48.2 Å². The van der Waals surface area contributed by atoms with Crippen LogP contribution in [0.5, 0.6) is 0 Å². The molecule has 0 saturated carbocycles. The number of urea groups is 1. The average molecular weight is 527 g/mol. The van der Waals surface area contributed by atoms with Gasteiger partial charge in [-0.15, -0.1) is 0 Å². The van der Waals surface area contributed by atoms with E-state index in [0.29, 0.717) is 5.69 Å². The second kappa shape index (κ2) is 10.6. The Hall–Kier alpha value is -3.56. The molecule has 2 N–H and O–H groups in total. The first-order valence-corrected chi connectivity index (χ1v) is 13.3. The third kappa shape index (κ3) is 5.47. The molecule has 36 heavy (non-hydrogen) atoms. The lowest BCUT2D eigenvalue weighted by atomic mass is 10.2. The SMILES string of the molecule is CC(=O)N(C)C1CCN(c2ccc(NC(=O)Nc3cccc(Cl)c3S(=O)(=O)c3ccccc3)cc2)C1. The van der Waals surface area contributed by atoms with Gasteiger partial charge in [0, 0.05) is 38.4 Å². The lowest BCUT2D eigenvalue weighted by molar-refractivity contribution is -0.129. The molecule has 0 aromatic heterocycles. The summed E-state index contributed by atoms with van der Waals surface area (Å²) in [6.07, 6.45) is 0.895. The fourth-order valence-electron chi connectivity index (χ4n) is 4.19. The van der Waals surface area contributed by atoms with E-state index < -0.39 is 15.9 Å². The quantitative estimate of drug-likeness (QED) is 0.477. The van der Waals surface area contributed by atoms with Crippen molar-refractivity contribution >= 4 is 50.4 Å². The highest BCUT2D eigenvalue weighted by Crippen LogP contribution is 2.34.